The van der Waals surface area contributed by atoms with Crippen LogP contribution >= 0.6 is 11.3 Å². The van der Waals surface area contributed by atoms with Crippen molar-refractivity contribution in [3.8, 4) is 0 Å². The molecule has 5 nitrogen and oxygen atoms in total. The summed E-state index contributed by atoms with van der Waals surface area (Å²) < 4.78 is 14.6. The highest BCUT2D eigenvalue weighted by molar-refractivity contribution is 7.19. The predicted octanol–water partition coefficient (Wildman–Crippen LogP) is 3.31. The molecule has 3 rings (SSSR count). The van der Waals surface area contributed by atoms with Gasteiger partial charge in [-0.1, -0.05) is 24.3 Å². The summed E-state index contributed by atoms with van der Waals surface area (Å²) in [5.41, 5.74) is -0.693. The van der Waals surface area contributed by atoms with Crippen LogP contribution in [0.1, 0.15) is 17.4 Å². The fourth-order valence-corrected chi connectivity index (χ4v) is 3.63. The van der Waals surface area contributed by atoms with Gasteiger partial charge >= 0.3 is 11.8 Å². The van der Waals surface area contributed by atoms with Gasteiger partial charge in [0.2, 0.25) is 0 Å². The Balaban J connectivity index is 1.62. The zero-order valence-electron chi connectivity index (χ0n) is 14.9. The van der Waals surface area contributed by atoms with Crippen molar-refractivity contribution in [3.63, 3.8) is 0 Å². The molecule has 3 N–H and O–H groups in total. The number of carbonyl (C=O) groups excluding carboxylic acids is 2. The highest BCUT2D eigenvalue weighted by Crippen LogP contribution is 2.32. The third-order valence-corrected chi connectivity index (χ3v) is 5.55. The van der Waals surface area contributed by atoms with Gasteiger partial charge in [0.25, 0.3) is 0 Å². The molecule has 7 heteroatoms. The molecule has 2 amide bonds. The molecule has 27 heavy (non-hydrogen) atoms. The molecular formula is C20H19FN2O3S. The molecule has 1 atom stereocenters. The van der Waals surface area contributed by atoms with Crippen molar-refractivity contribution in [2.45, 2.75) is 19.4 Å². The Morgan fingerprint density at radius 1 is 1.15 bits per heavy atom. The highest BCUT2D eigenvalue weighted by atomic mass is 32.1. The van der Waals surface area contributed by atoms with E-state index in [0.717, 1.165) is 16.2 Å². The number of benzene rings is 2. The van der Waals surface area contributed by atoms with Crippen LogP contribution in [0.4, 0.5) is 10.1 Å². The minimum Gasteiger partial charge on any atom is -0.383 e. The lowest BCUT2D eigenvalue weighted by atomic mass is 10.0. The first kappa shape index (κ1) is 19.0. The molecule has 0 aliphatic heterocycles. The van der Waals surface area contributed by atoms with Gasteiger partial charge in [0, 0.05) is 15.3 Å². The first-order valence-corrected chi connectivity index (χ1v) is 9.15. The molecule has 0 bridgehead atoms. The molecule has 3 aromatic rings. The van der Waals surface area contributed by atoms with Crippen LogP contribution in [0.5, 0.6) is 0 Å². The SMILES string of the molecule is Cc1ccc(NC(=O)C(=O)NC[C@](C)(O)c2cc3ccccc3s2)cc1F. The lowest BCUT2D eigenvalue weighted by molar-refractivity contribution is -0.136. The summed E-state index contributed by atoms with van der Waals surface area (Å²) in [7, 11) is 0. The van der Waals surface area contributed by atoms with Crippen molar-refractivity contribution >= 4 is 38.9 Å². The molecule has 140 valence electrons. The van der Waals surface area contributed by atoms with E-state index in [1.54, 1.807) is 13.8 Å². The summed E-state index contributed by atoms with van der Waals surface area (Å²) in [5, 5.41) is 16.5. The third kappa shape index (κ3) is 4.32. The van der Waals surface area contributed by atoms with E-state index in [9.17, 15) is 19.1 Å². The standard InChI is InChI=1S/C20H19FN2O3S/c1-12-7-8-14(10-15(12)21)23-19(25)18(24)22-11-20(2,26)17-9-13-5-3-4-6-16(13)27-17/h3-10,26H,11H2,1-2H3,(H,22,24)(H,23,25)/t20-/m0/s1. The molecule has 2 aromatic carbocycles. The Hall–Kier alpha value is -2.77. The van der Waals surface area contributed by atoms with Gasteiger partial charge in [-0.15, -0.1) is 11.3 Å². The van der Waals surface area contributed by atoms with Crippen molar-refractivity contribution in [2.75, 3.05) is 11.9 Å². The van der Waals surface area contributed by atoms with Gasteiger partial charge in [-0.2, -0.15) is 0 Å². The number of fused-ring (bicyclic) bond motifs is 1. The summed E-state index contributed by atoms with van der Waals surface area (Å²) >= 11 is 1.43. The topological polar surface area (TPSA) is 78.4 Å². The Morgan fingerprint density at radius 2 is 1.89 bits per heavy atom. The van der Waals surface area contributed by atoms with Gasteiger partial charge < -0.3 is 15.7 Å². The van der Waals surface area contributed by atoms with E-state index in [-0.39, 0.29) is 12.2 Å². The quantitative estimate of drug-likeness (QED) is 0.602. The second-order valence-corrected chi connectivity index (χ2v) is 7.61. The van der Waals surface area contributed by atoms with Gasteiger partial charge in [0.05, 0.1) is 6.54 Å². The molecular weight excluding hydrogens is 367 g/mol. The monoisotopic (exact) mass is 386 g/mol. The van der Waals surface area contributed by atoms with Gasteiger partial charge in [0.15, 0.2) is 0 Å². The number of aliphatic hydroxyl groups is 1. The predicted molar refractivity (Wildman–Crippen MR) is 104 cm³/mol. The molecule has 0 unspecified atom stereocenters. The number of amides is 2. The van der Waals surface area contributed by atoms with Crippen LogP contribution in [-0.4, -0.2) is 23.5 Å². The summed E-state index contributed by atoms with van der Waals surface area (Å²) in [6.07, 6.45) is 0. The van der Waals surface area contributed by atoms with E-state index in [4.69, 9.17) is 0 Å². The summed E-state index contributed by atoms with van der Waals surface area (Å²) in [4.78, 5) is 24.7. The molecule has 1 heterocycles. The van der Waals surface area contributed by atoms with Crippen molar-refractivity contribution in [1.29, 1.82) is 0 Å². The maximum absolute atomic E-state index is 13.5. The Labute approximate surface area is 159 Å². The average molecular weight is 386 g/mol. The average Bonchev–Trinajstić information content (AvgIpc) is 3.08. The zero-order chi connectivity index (χ0) is 19.6. The molecule has 0 saturated carbocycles. The summed E-state index contributed by atoms with van der Waals surface area (Å²) in [6, 6.07) is 13.7. The molecule has 0 radical (unpaired) electrons. The number of hydrogen-bond acceptors (Lipinski definition) is 4. The van der Waals surface area contributed by atoms with Crippen LogP contribution in [0.3, 0.4) is 0 Å². The van der Waals surface area contributed by atoms with Crippen LogP contribution in [0.15, 0.2) is 48.5 Å². The Kier molecular flexibility index (Phi) is 5.25. The zero-order valence-corrected chi connectivity index (χ0v) is 15.7. The molecule has 1 aromatic heterocycles. The van der Waals surface area contributed by atoms with Crippen molar-refractivity contribution in [3.05, 3.63) is 64.8 Å². The number of rotatable bonds is 4. The second kappa shape index (κ2) is 7.46. The van der Waals surface area contributed by atoms with E-state index in [1.807, 2.05) is 30.3 Å². The lowest BCUT2D eigenvalue weighted by Crippen LogP contribution is -2.43. The van der Waals surface area contributed by atoms with Crippen LogP contribution in [0, 0.1) is 12.7 Å². The smallest absolute Gasteiger partial charge is 0.313 e. The minimum atomic E-state index is -1.32. The van der Waals surface area contributed by atoms with Gasteiger partial charge in [0.1, 0.15) is 11.4 Å². The van der Waals surface area contributed by atoms with Crippen molar-refractivity contribution in [2.24, 2.45) is 0 Å². The summed E-state index contributed by atoms with van der Waals surface area (Å²) in [6.45, 7) is 3.04. The van der Waals surface area contributed by atoms with E-state index >= 15 is 0 Å². The Bertz CT molecular complexity index is 980. The molecule has 0 spiro atoms. The maximum Gasteiger partial charge on any atom is 0.313 e. The van der Waals surface area contributed by atoms with Crippen LogP contribution in [-0.2, 0) is 15.2 Å². The third-order valence-electron chi connectivity index (χ3n) is 4.19. The number of aryl methyl sites for hydroxylation is 1. The fourth-order valence-electron chi connectivity index (χ4n) is 2.53. The largest absolute Gasteiger partial charge is 0.383 e. The fraction of sp³-hybridized carbons (Fsp3) is 0.200. The minimum absolute atomic E-state index is 0.131. The van der Waals surface area contributed by atoms with Crippen LogP contribution < -0.4 is 10.6 Å². The van der Waals surface area contributed by atoms with Gasteiger partial charge in [-0.05, 0) is 49.1 Å². The number of anilines is 1. The Morgan fingerprint density at radius 3 is 2.59 bits per heavy atom. The lowest BCUT2D eigenvalue weighted by Gasteiger charge is -2.22. The number of nitrogens with one attached hydrogen (secondary N) is 2. The van der Waals surface area contributed by atoms with Crippen molar-refractivity contribution in [1.82, 2.24) is 5.32 Å². The maximum atomic E-state index is 13.5. The number of carbonyl (C=O) groups is 2. The van der Waals surface area contributed by atoms with Gasteiger partial charge in [-0.25, -0.2) is 4.39 Å². The second-order valence-electron chi connectivity index (χ2n) is 6.52. The molecule has 0 saturated heterocycles. The first-order chi connectivity index (χ1) is 12.8. The summed E-state index contributed by atoms with van der Waals surface area (Å²) in [5.74, 6) is -2.30. The normalized spacial score (nSPS) is 13.2. The molecule has 0 aliphatic rings. The molecule has 0 aliphatic carbocycles. The number of halogens is 1. The molecule has 0 fully saturated rings. The van der Waals surface area contributed by atoms with Crippen LogP contribution in [0.25, 0.3) is 10.1 Å². The van der Waals surface area contributed by atoms with E-state index in [1.165, 1.54) is 23.5 Å². The van der Waals surface area contributed by atoms with E-state index < -0.39 is 23.2 Å². The van der Waals surface area contributed by atoms with Crippen molar-refractivity contribution < 1.29 is 19.1 Å². The van der Waals surface area contributed by atoms with E-state index in [0.29, 0.717) is 10.4 Å². The highest BCUT2D eigenvalue weighted by Gasteiger charge is 2.27. The van der Waals surface area contributed by atoms with E-state index in [2.05, 4.69) is 10.6 Å². The first-order valence-electron chi connectivity index (χ1n) is 8.33. The van der Waals surface area contributed by atoms with Crippen LogP contribution in [0.2, 0.25) is 0 Å². The van der Waals surface area contributed by atoms with Gasteiger partial charge in [-0.3, -0.25) is 9.59 Å². The number of thiophene rings is 1. The number of hydrogen-bond donors (Lipinski definition) is 3.